The van der Waals surface area contributed by atoms with Crippen LogP contribution in [0.15, 0.2) is 11.6 Å². The fourth-order valence-electron chi connectivity index (χ4n) is 2.64. The number of hydrogen-bond donors (Lipinski definition) is 0. The minimum absolute atomic E-state index is 0.0679. The lowest BCUT2D eigenvalue weighted by atomic mass is 9.73. The van der Waals surface area contributed by atoms with Crippen LogP contribution in [0.4, 0.5) is 0 Å². The SMILES string of the molecule is C#CCO[C@H]1C=C(C)CC[C@]1(CO[Si](C)(C)C(C)(C)C)C(=O)OCC. The molecule has 0 unspecified atom stereocenters. The molecular weight excluding hydrogens is 332 g/mol. The van der Waals surface area contributed by atoms with Crippen LogP contribution in [0.3, 0.4) is 0 Å². The average Bonchev–Trinajstić information content (AvgIpc) is 2.51. The smallest absolute Gasteiger partial charge is 0.317 e. The van der Waals surface area contributed by atoms with Crippen molar-refractivity contribution >= 4 is 14.3 Å². The molecule has 0 heterocycles. The van der Waals surface area contributed by atoms with Gasteiger partial charge in [-0.25, -0.2) is 0 Å². The van der Waals surface area contributed by atoms with Gasteiger partial charge in [-0.15, -0.1) is 6.42 Å². The minimum atomic E-state index is -2.01. The molecule has 5 heteroatoms. The molecule has 0 aromatic rings. The summed E-state index contributed by atoms with van der Waals surface area (Å²) in [6.45, 7) is 15.6. The number of esters is 1. The summed E-state index contributed by atoms with van der Waals surface area (Å²) in [7, 11) is -2.01. The van der Waals surface area contributed by atoms with E-state index in [1.54, 1.807) is 0 Å². The van der Waals surface area contributed by atoms with Crippen molar-refractivity contribution in [1.82, 2.24) is 0 Å². The average molecular weight is 367 g/mol. The zero-order valence-electron chi connectivity index (χ0n) is 16.9. The van der Waals surface area contributed by atoms with Gasteiger partial charge in [-0.2, -0.15) is 0 Å². The Hall–Kier alpha value is -1.09. The van der Waals surface area contributed by atoms with Crippen LogP contribution in [-0.2, 0) is 18.7 Å². The topological polar surface area (TPSA) is 44.8 Å². The van der Waals surface area contributed by atoms with E-state index in [1.165, 1.54) is 5.57 Å². The van der Waals surface area contributed by atoms with E-state index in [4.69, 9.17) is 20.3 Å². The summed E-state index contributed by atoms with van der Waals surface area (Å²) in [5, 5.41) is 0.0679. The van der Waals surface area contributed by atoms with Crippen molar-refractivity contribution in [2.24, 2.45) is 5.41 Å². The highest BCUT2D eigenvalue weighted by Crippen LogP contribution is 2.43. The molecule has 0 N–H and O–H groups in total. The van der Waals surface area contributed by atoms with Gasteiger partial charge >= 0.3 is 5.97 Å². The van der Waals surface area contributed by atoms with E-state index in [0.717, 1.165) is 6.42 Å². The quantitative estimate of drug-likeness (QED) is 0.291. The van der Waals surface area contributed by atoms with Crippen molar-refractivity contribution in [2.75, 3.05) is 19.8 Å². The molecule has 0 saturated heterocycles. The number of hydrogen-bond acceptors (Lipinski definition) is 4. The lowest BCUT2D eigenvalue weighted by Gasteiger charge is -2.44. The largest absolute Gasteiger partial charge is 0.465 e. The molecule has 0 aromatic heterocycles. The maximum Gasteiger partial charge on any atom is 0.317 e. The molecule has 0 radical (unpaired) electrons. The summed E-state index contributed by atoms with van der Waals surface area (Å²) < 4.78 is 17.7. The molecule has 0 aliphatic heterocycles. The third-order valence-electron chi connectivity index (χ3n) is 5.47. The molecule has 0 fully saturated rings. The molecule has 0 spiro atoms. The van der Waals surface area contributed by atoms with E-state index < -0.39 is 19.8 Å². The Morgan fingerprint density at radius 3 is 2.60 bits per heavy atom. The zero-order valence-corrected chi connectivity index (χ0v) is 17.9. The number of allylic oxidation sites excluding steroid dienone is 1. The molecule has 0 aromatic carbocycles. The second kappa shape index (κ2) is 8.53. The van der Waals surface area contributed by atoms with Gasteiger partial charge in [-0.3, -0.25) is 4.79 Å². The lowest BCUT2D eigenvalue weighted by Crippen LogP contribution is -2.53. The van der Waals surface area contributed by atoms with Gasteiger partial charge < -0.3 is 13.9 Å². The monoisotopic (exact) mass is 366 g/mol. The van der Waals surface area contributed by atoms with Crippen molar-refractivity contribution < 1.29 is 18.7 Å². The third kappa shape index (κ3) is 5.19. The number of carbonyl (C=O) groups excluding carboxylic acids is 1. The fraction of sp³-hybridized carbons (Fsp3) is 0.750. The summed E-state index contributed by atoms with van der Waals surface area (Å²) in [6.07, 6.45) is 8.44. The first-order valence-electron chi connectivity index (χ1n) is 9.03. The summed E-state index contributed by atoms with van der Waals surface area (Å²) in [6, 6.07) is 0. The van der Waals surface area contributed by atoms with Gasteiger partial charge in [-0.1, -0.05) is 38.3 Å². The van der Waals surface area contributed by atoms with Crippen LogP contribution in [0, 0.1) is 17.8 Å². The normalized spacial score (nSPS) is 24.4. The molecule has 2 atom stereocenters. The van der Waals surface area contributed by atoms with Crippen molar-refractivity contribution in [2.45, 2.75) is 71.7 Å². The molecule has 0 saturated carbocycles. The molecule has 4 nitrogen and oxygen atoms in total. The number of rotatable bonds is 7. The van der Waals surface area contributed by atoms with Crippen molar-refractivity contribution in [1.29, 1.82) is 0 Å². The predicted octanol–water partition coefficient (Wildman–Crippen LogP) is 4.32. The Morgan fingerprint density at radius 1 is 1.44 bits per heavy atom. The summed E-state index contributed by atoms with van der Waals surface area (Å²) in [5.41, 5.74) is 0.372. The van der Waals surface area contributed by atoms with Crippen molar-refractivity contribution in [3.05, 3.63) is 11.6 Å². The Morgan fingerprint density at radius 2 is 2.08 bits per heavy atom. The van der Waals surface area contributed by atoms with Gasteiger partial charge in [-0.05, 0) is 44.8 Å². The first-order valence-corrected chi connectivity index (χ1v) is 11.9. The molecule has 1 rings (SSSR count). The van der Waals surface area contributed by atoms with E-state index in [9.17, 15) is 4.79 Å². The van der Waals surface area contributed by atoms with Crippen molar-refractivity contribution in [3.63, 3.8) is 0 Å². The van der Waals surface area contributed by atoms with E-state index in [2.05, 4.69) is 46.7 Å². The van der Waals surface area contributed by atoms with Gasteiger partial charge in [0.15, 0.2) is 8.32 Å². The second-order valence-electron chi connectivity index (χ2n) is 8.37. The molecule has 0 amide bonds. The van der Waals surface area contributed by atoms with Crippen LogP contribution in [0.2, 0.25) is 18.1 Å². The van der Waals surface area contributed by atoms with E-state index in [-0.39, 0.29) is 17.6 Å². The maximum absolute atomic E-state index is 12.9. The minimum Gasteiger partial charge on any atom is -0.465 e. The zero-order chi connectivity index (χ0) is 19.3. The number of terminal acetylenes is 1. The van der Waals surface area contributed by atoms with Crippen LogP contribution in [-0.4, -0.2) is 40.2 Å². The van der Waals surface area contributed by atoms with E-state index >= 15 is 0 Å². The second-order valence-corrected chi connectivity index (χ2v) is 13.2. The highest BCUT2D eigenvalue weighted by molar-refractivity contribution is 6.74. The van der Waals surface area contributed by atoms with Gasteiger partial charge in [0.2, 0.25) is 0 Å². The van der Waals surface area contributed by atoms with Gasteiger partial charge in [0.25, 0.3) is 0 Å². The summed E-state index contributed by atoms with van der Waals surface area (Å²) >= 11 is 0. The fourth-order valence-corrected chi connectivity index (χ4v) is 3.69. The molecule has 1 aliphatic rings. The van der Waals surface area contributed by atoms with Crippen LogP contribution < -0.4 is 0 Å². The standard InChI is InChI=1S/C20H34O4Si/c1-9-13-23-17-14-16(3)11-12-20(17,18(21)22-10-2)15-24-25(7,8)19(4,5)6/h1,14,17H,10-13,15H2,2-8H3/t17-,20+/m0/s1. The lowest BCUT2D eigenvalue weighted by molar-refractivity contribution is -0.168. The molecule has 142 valence electrons. The van der Waals surface area contributed by atoms with Gasteiger partial charge in [0.05, 0.1) is 19.3 Å². The van der Waals surface area contributed by atoms with E-state index in [1.807, 2.05) is 13.0 Å². The molecule has 0 bridgehead atoms. The Labute approximate surface area is 154 Å². The van der Waals surface area contributed by atoms with Crippen molar-refractivity contribution in [3.8, 4) is 12.3 Å². The van der Waals surface area contributed by atoms with E-state index in [0.29, 0.717) is 19.6 Å². The Balaban J connectivity index is 3.17. The third-order valence-corrected chi connectivity index (χ3v) is 9.95. The number of ether oxygens (including phenoxy) is 2. The molecular formula is C20H34O4Si. The van der Waals surface area contributed by atoms with Gasteiger partial charge in [0, 0.05) is 0 Å². The number of carbonyl (C=O) groups is 1. The van der Waals surface area contributed by atoms with Crippen LogP contribution in [0.1, 0.15) is 47.5 Å². The first-order chi connectivity index (χ1) is 11.5. The predicted molar refractivity (Wildman–Crippen MR) is 104 cm³/mol. The Bertz CT molecular complexity index is 539. The van der Waals surface area contributed by atoms with Crippen LogP contribution >= 0.6 is 0 Å². The maximum atomic E-state index is 12.9. The Kier molecular flexibility index (Phi) is 7.49. The molecule has 25 heavy (non-hydrogen) atoms. The van der Waals surface area contributed by atoms with Crippen LogP contribution in [0.25, 0.3) is 0 Å². The summed E-state index contributed by atoms with van der Waals surface area (Å²) in [5.74, 6) is 2.25. The molecule has 1 aliphatic carbocycles. The first kappa shape index (κ1) is 21.9. The van der Waals surface area contributed by atoms with Gasteiger partial charge in [0.1, 0.15) is 12.0 Å². The highest BCUT2D eigenvalue weighted by atomic mass is 28.4. The van der Waals surface area contributed by atoms with Crippen LogP contribution in [0.5, 0.6) is 0 Å². The highest BCUT2D eigenvalue weighted by Gasteiger charge is 2.51. The summed E-state index contributed by atoms with van der Waals surface area (Å²) in [4.78, 5) is 12.9.